The van der Waals surface area contributed by atoms with Gasteiger partial charge in [0.25, 0.3) is 0 Å². The first-order valence-corrected chi connectivity index (χ1v) is 11.3. The summed E-state index contributed by atoms with van der Waals surface area (Å²) in [6, 6.07) is -0.916. The summed E-state index contributed by atoms with van der Waals surface area (Å²) in [6.07, 6.45) is 10.8. The van der Waals surface area contributed by atoms with Crippen molar-refractivity contribution in [2.45, 2.75) is 56.8 Å². The van der Waals surface area contributed by atoms with Crippen molar-refractivity contribution in [3.05, 3.63) is 24.3 Å². The standard InChI is InChI=1S/C23H32N2O6/c1-3-4-11-24-12-8-10-23-16(19(27)25(13-14-26)18(23)20(24)28)17-21(29)30-15-7-5-6-9-22(17,2)31-23/h6,8-10,16-18,26H,3-5,7,11-15H2,1-2H3/b9-6-/t16-,17+,18?,22-,23-/m0/s1. The molecule has 1 N–H and O–H groups in total. The number of aliphatic hydroxyl groups is 1. The van der Waals surface area contributed by atoms with E-state index in [0.29, 0.717) is 19.5 Å². The van der Waals surface area contributed by atoms with Crippen molar-refractivity contribution < 1.29 is 29.0 Å². The second-order valence-corrected chi connectivity index (χ2v) is 9.00. The molecule has 31 heavy (non-hydrogen) atoms. The van der Waals surface area contributed by atoms with Gasteiger partial charge in [0, 0.05) is 19.6 Å². The quantitative estimate of drug-likeness (QED) is 0.515. The molecule has 2 fully saturated rings. The second-order valence-electron chi connectivity index (χ2n) is 9.00. The monoisotopic (exact) mass is 432 g/mol. The van der Waals surface area contributed by atoms with E-state index in [9.17, 15) is 19.5 Å². The van der Waals surface area contributed by atoms with Crippen LogP contribution >= 0.6 is 0 Å². The highest BCUT2D eigenvalue weighted by atomic mass is 16.6. The minimum absolute atomic E-state index is 0.0145. The van der Waals surface area contributed by atoms with Crippen LogP contribution in [0.25, 0.3) is 0 Å². The first-order chi connectivity index (χ1) is 14.9. The predicted octanol–water partition coefficient (Wildman–Crippen LogP) is 1.04. The maximum Gasteiger partial charge on any atom is 0.313 e. The number of nitrogens with zero attached hydrogens (tertiary/aromatic N) is 2. The Balaban J connectivity index is 1.82. The van der Waals surface area contributed by atoms with Crippen LogP contribution in [0.3, 0.4) is 0 Å². The van der Waals surface area contributed by atoms with E-state index in [4.69, 9.17) is 9.47 Å². The lowest BCUT2D eigenvalue weighted by Gasteiger charge is -2.37. The van der Waals surface area contributed by atoms with Crippen molar-refractivity contribution in [3.8, 4) is 0 Å². The summed E-state index contributed by atoms with van der Waals surface area (Å²) in [5.41, 5.74) is -2.33. The van der Waals surface area contributed by atoms with E-state index in [-0.39, 0.29) is 31.6 Å². The maximum absolute atomic E-state index is 13.7. The van der Waals surface area contributed by atoms with Gasteiger partial charge >= 0.3 is 5.97 Å². The topological polar surface area (TPSA) is 96.4 Å². The van der Waals surface area contributed by atoms with Crippen LogP contribution in [0, 0.1) is 11.8 Å². The number of likely N-dealkylation sites (tertiary alicyclic amines) is 1. The number of amides is 2. The SMILES string of the molecule is CCCCN1CC=C[C@]23O[C@@]4(C)/C=C\CCCOC(=O)[C@H]4[C@H]2C(=O)N(CCO)C3C1=O. The molecule has 0 saturated carbocycles. The predicted molar refractivity (Wildman–Crippen MR) is 112 cm³/mol. The van der Waals surface area contributed by atoms with E-state index in [2.05, 4.69) is 6.92 Å². The number of esters is 1. The fourth-order valence-corrected chi connectivity index (χ4v) is 5.58. The van der Waals surface area contributed by atoms with Crippen molar-refractivity contribution >= 4 is 17.8 Å². The van der Waals surface area contributed by atoms with Crippen LogP contribution < -0.4 is 0 Å². The molecule has 4 rings (SSSR count). The zero-order chi connectivity index (χ0) is 22.2. The van der Waals surface area contributed by atoms with Crippen molar-refractivity contribution in [1.82, 2.24) is 9.80 Å². The smallest absolute Gasteiger partial charge is 0.313 e. The summed E-state index contributed by atoms with van der Waals surface area (Å²) in [7, 11) is 0. The molecule has 170 valence electrons. The zero-order valence-electron chi connectivity index (χ0n) is 18.3. The van der Waals surface area contributed by atoms with Gasteiger partial charge in [0.05, 0.1) is 24.7 Å². The lowest BCUT2D eigenvalue weighted by Crippen LogP contribution is -2.56. The minimum atomic E-state index is -1.27. The van der Waals surface area contributed by atoms with E-state index < -0.39 is 35.0 Å². The van der Waals surface area contributed by atoms with E-state index in [1.807, 2.05) is 24.3 Å². The molecule has 0 radical (unpaired) electrons. The van der Waals surface area contributed by atoms with Gasteiger partial charge < -0.3 is 24.4 Å². The Morgan fingerprint density at radius 1 is 1.13 bits per heavy atom. The van der Waals surface area contributed by atoms with Crippen LogP contribution in [-0.4, -0.2) is 82.8 Å². The highest BCUT2D eigenvalue weighted by molar-refractivity contribution is 5.99. The van der Waals surface area contributed by atoms with Gasteiger partial charge in [-0.3, -0.25) is 14.4 Å². The van der Waals surface area contributed by atoms with Crippen molar-refractivity contribution in [2.24, 2.45) is 11.8 Å². The number of unbranched alkanes of at least 4 members (excludes halogenated alkanes) is 1. The molecule has 4 heterocycles. The lowest BCUT2D eigenvalue weighted by atomic mass is 9.74. The van der Waals surface area contributed by atoms with E-state index in [0.717, 1.165) is 19.3 Å². The van der Waals surface area contributed by atoms with Gasteiger partial charge in [-0.25, -0.2) is 0 Å². The highest BCUT2D eigenvalue weighted by Crippen LogP contribution is 2.57. The van der Waals surface area contributed by atoms with Crippen LogP contribution in [0.2, 0.25) is 0 Å². The maximum atomic E-state index is 13.7. The van der Waals surface area contributed by atoms with Crippen LogP contribution in [0.4, 0.5) is 0 Å². The third kappa shape index (κ3) is 3.40. The molecule has 5 atom stereocenters. The van der Waals surface area contributed by atoms with E-state index in [1.165, 1.54) is 4.90 Å². The number of aliphatic hydroxyl groups excluding tert-OH is 1. The van der Waals surface area contributed by atoms with E-state index in [1.54, 1.807) is 11.8 Å². The number of fused-ring (bicyclic) bond motifs is 2. The number of cyclic esters (lactones) is 1. The number of hydrogen-bond donors (Lipinski definition) is 1. The molecule has 4 aliphatic rings. The van der Waals surface area contributed by atoms with Gasteiger partial charge in [-0.15, -0.1) is 0 Å². The van der Waals surface area contributed by atoms with Gasteiger partial charge in [0.15, 0.2) is 0 Å². The molecule has 0 aliphatic carbocycles. The van der Waals surface area contributed by atoms with Crippen molar-refractivity contribution in [3.63, 3.8) is 0 Å². The van der Waals surface area contributed by atoms with Gasteiger partial charge in [0.2, 0.25) is 11.8 Å². The molecule has 4 aliphatic heterocycles. The highest BCUT2D eigenvalue weighted by Gasteiger charge is 2.74. The third-order valence-electron chi connectivity index (χ3n) is 6.96. The number of carbonyl (C=O) groups is 3. The van der Waals surface area contributed by atoms with Crippen LogP contribution in [-0.2, 0) is 23.9 Å². The molecule has 0 aromatic carbocycles. The van der Waals surface area contributed by atoms with Crippen molar-refractivity contribution in [2.75, 3.05) is 32.8 Å². The molecule has 2 saturated heterocycles. The zero-order valence-corrected chi connectivity index (χ0v) is 18.3. The Morgan fingerprint density at radius 2 is 1.94 bits per heavy atom. The molecule has 1 unspecified atom stereocenters. The summed E-state index contributed by atoms with van der Waals surface area (Å²) in [4.78, 5) is 43.6. The Bertz CT molecular complexity index is 810. The average Bonchev–Trinajstić information content (AvgIpc) is 3.08. The number of rotatable bonds is 5. The fraction of sp³-hybridized carbons (Fsp3) is 0.696. The number of allylic oxidation sites excluding steroid dienone is 1. The van der Waals surface area contributed by atoms with Crippen LogP contribution in [0.1, 0.15) is 39.5 Å². The van der Waals surface area contributed by atoms with Gasteiger partial charge in [-0.2, -0.15) is 0 Å². The first-order valence-electron chi connectivity index (χ1n) is 11.3. The molecular weight excluding hydrogens is 400 g/mol. The van der Waals surface area contributed by atoms with Gasteiger partial charge in [0.1, 0.15) is 17.6 Å². The number of β-amino-alcohol motifs (C(OH)–C–C–N with tert-alkyl or cyclic N) is 1. The Labute approximate surface area is 182 Å². The number of carbonyl (C=O) groups excluding carboxylic acids is 3. The van der Waals surface area contributed by atoms with Gasteiger partial charge in [-0.1, -0.05) is 37.6 Å². The molecule has 2 amide bonds. The summed E-state index contributed by atoms with van der Waals surface area (Å²) in [5.74, 6) is -2.75. The Morgan fingerprint density at radius 3 is 2.68 bits per heavy atom. The number of ether oxygens (including phenoxy) is 2. The summed E-state index contributed by atoms with van der Waals surface area (Å²) in [6.45, 7) is 4.89. The normalized spacial score (nSPS) is 38.5. The largest absolute Gasteiger partial charge is 0.465 e. The molecule has 0 bridgehead atoms. The summed E-state index contributed by atoms with van der Waals surface area (Å²) in [5, 5.41) is 9.63. The molecule has 8 heteroatoms. The Kier molecular flexibility index (Phi) is 5.96. The van der Waals surface area contributed by atoms with Crippen LogP contribution in [0.15, 0.2) is 24.3 Å². The molecule has 1 spiro atoms. The number of hydrogen-bond acceptors (Lipinski definition) is 6. The van der Waals surface area contributed by atoms with Gasteiger partial charge in [-0.05, 0) is 26.2 Å². The van der Waals surface area contributed by atoms with Crippen molar-refractivity contribution in [1.29, 1.82) is 0 Å². The Hall–Kier alpha value is -2.19. The molecule has 0 aromatic heterocycles. The molecule has 0 aromatic rings. The molecule has 8 nitrogen and oxygen atoms in total. The van der Waals surface area contributed by atoms with Crippen LogP contribution in [0.5, 0.6) is 0 Å². The first kappa shape index (κ1) is 22.0. The fourth-order valence-electron chi connectivity index (χ4n) is 5.58. The third-order valence-corrected chi connectivity index (χ3v) is 6.96. The summed E-state index contributed by atoms with van der Waals surface area (Å²) < 4.78 is 12.1. The molecular formula is C23H32N2O6. The second kappa shape index (κ2) is 8.39. The average molecular weight is 433 g/mol. The van der Waals surface area contributed by atoms with E-state index >= 15 is 0 Å². The summed E-state index contributed by atoms with van der Waals surface area (Å²) >= 11 is 0. The minimum Gasteiger partial charge on any atom is -0.465 e. The lowest BCUT2D eigenvalue weighted by molar-refractivity contribution is -0.159.